The molecule has 0 bridgehead atoms. The lowest BCUT2D eigenvalue weighted by Crippen LogP contribution is -2.33. The van der Waals surface area contributed by atoms with Crippen LogP contribution in [0.3, 0.4) is 0 Å². The third kappa shape index (κ3) is 4.14. The van der Waals surface area contributed by atoms with Crippen molar-refractivity contribution in [3.05, 3.63) is 60.7 Å². The van der Waals surface area contributed by atoms with Crippen LogP contribution in [0.25, 0.3) is 22.6 Å². The van der Waals surface area contributed by atoms with Crippen LogP contribution in [0, 0.1) is 0 Å². The third-order valence-electron chi connectivity index (χ3n) is 4.84. The van der Waals surface area contributed by atoms with Gasteiger partial charge in [-0.2, -0.15) is 0 Å². The first kappa shape index (κ1) is 16.9. The van der Waals surface area contributed by atoms with Gasteiger partial charge in [-0.3, -0.25) is 4.90 Å². The van der Waals surface area contributed by atoms with Crippen molar-refractivity contribution in [2.45, 2.75) is 19.3 Å². The number of piperidine rings is 1. The van der Waals surface area contributed by atoms with Gasteiger partial charge in [-0.1, -0.05) is 41.9 Å². The van der Waals surface area contributed by atoms with Gasteiger partial charge in [0.1, 0.15) is 18.1 Å². The second kappa shape index (κ2) is 8.19. The first-order valence-electron chi connectivity index (χ1n) is 9.36. The molecule has 0 atom stereocenters. The summed E-state index contributed by atoms with van der Waals surface area (Å²) in [4.78, 5) is 2.48. The first-order chi connectivity index (χ1) is 12.9. The number of hydrogen-bond acceptors (Lipinski definition) is 4. The van der Waals surface area contributed by atoms with E-state index in [1.54, 1.807) is 0 Å². The molecular formula is C22H24N2O2. The molecule has 2 aromatic carbocycles. The SMILES string of the molecule is c1ccc(-c2cc(-c3ccc(OCCN4CCCCC4)cc3)on2)cc1. The van der Waals surface area contributed by atoms with Gasteiger partial charge >= 0.3 is 0 Å². The van der Waals surface area contributed by atoms with E-state index in [0.29, 0.717) is 0 Å². The summed E-state index contributed by atoms with van der Waals surface area (Å²) in [5.41, 5.74) is 2.91. The molecule has 1 fully saturated rings. The number of nitrogens with zero attached hydrogens (tertiary/aromatic N) is 2. The summed E-state index contributed by atoms with van der Waals surface area (Å²) in [6, 6.07) is 20.1. The normalized spacial score (nSPS) is 15.1. The number of hydrogen-bond donors (Lipinski definition) is 0. The van der Waals surface area contributed by atoms with Crippen LogP contribution in [0.5, 0.6) is 5.75 Å². The summed E-state index contributed by atoms with van der Waals surface area (Å²) in [6.45, 7) is 4.15. The van der Waals surface area contributed by atoms with Crippen molar-refractivity contribution >= 4 is 0 Å². The van der Waals surface area contributed by atoms with Gasteiger partial charge in [0.05, 0.1) is 0 Å². The van der Waals surface area contributed by atoms with Gasteiger partial charge in [0.25, 0.3) is 0 Å². The predicted octanol–water partition coefficient (Wildman–Crippen LogP) is 4.87. The van der Waals surface area contributed by atoms with Crippen LogP contribution in [-0.2, 0) is 0 Å². The molecule has 26 heavy (non-hydrogen) atoms. The zero-order chi connectivity index (χ0) is 17.6. The average molecular weight is 348 g/mol. The molecule has 0 radical (unpaired) electrons. The molecule has 1 aliphatic rings. The fourth-order valence-corrected chi connectivity index (χ4v) is 3.35. The van der Waals surface area contributed by atoms with Crippen LogP contribution < -0.4 is 4.74 Å². The van der Waals surface area contributed by atoms with Crippen LogP contribution in [0.4, 0.5) is 0 Å². The molecule has 1 saturated heterocycles. The van der Waals surface area contributed by atoms with Crippen LogP contribution in [0.1, 0.15) is 19.3 Å². The molecule has 1 aliphatic heterocycles. The Morgan fingerprint density at radius 1 is 0.885 bits per heavy atom. The van der Waals surface area contributed by atoms with E-state index in [1.165, 1.54) is 32.4 Å². The maximum Gasteiger partial charge on any atom is 0.167 e. The number of aromatic nitrogens is 1. The maximum absolute atomic E-state index is 5.89. The van der Waals surface area contributed by atoms with E-state index < -0.39 is 0 Å². The average Bonchev–Trinajstić information content (AvgIpc) is 3.20. The van der Waals surface area contributed by atoms with Crippen LogP contribution in [0.15, 0.2) is 65.2 Å². The number of rotatable bonds is 6. The van der Waals surface area contributed by atoms with Gasteiger partial charge in [-0.25, -0.2) is 0 Å². The van der Waals surface area contributed by atoms with E-state index in [-0.39, 0.29) is 0 Å². The second-order valence-corrected chi connectivity index (χ2v) is 6.72. The molecule has 134 valence electrons. The Kier molecular flexibility index (Phi) is 5.31. The van der Waals surface area contributed by atoms with Crippen molar-refractivity contribution in [2.75, 3.05) is 26.2 Å². The Balaban J connectivity index is 1.35. The van der Waals surface area contributed by atoms with Gasteiger partial charge in [-0.05, 0) is 50.2 Å². The fraction of sp³-hybridized carbons (Fsp3) is 0.318. The number of ether oxygens (including phenoxy) is 1. The molecule has 0 N–H and O–H groups in total. The molecule has 4 rings (SSSR count). The molecule has 1 aromatic heterocycles. The molecule has 0 saturated carbocycles. The van der Waals surface area contributed by atoms with E-state index in [1.807, 2.05) is 60.7 Å². The third-order valence-corrected chi connectivity index (χ3v) is 4.84. The summed E-state index contributed by atoms with van der Waals surface area (Å²) in [5, 5.41) is 4.17. The molecule has 4 heteroatoms. The van der Waals surface area contributed by atoms with Crippen molar-refractivity contribution in [1.82, 2.24) is 10.1 Å². The summed E-state index contributed by atoms with van der Waals surface area (Å²) in [5.74, 6) is 1.66. The Morgan fingerprint density at radius 2 is 1.65 bits per heavy atom. The predicted molar refractivity (Wildman–Crippen MR) is 103 cm³/mol. The summed E-state index contributed by atoms with van der Waals surface area (Å²) >= 11 is 0. The lowest BCUT2D eigenvalue weighted by Gasteiger charge is -2.26. The Labute approximate surface area is 154 Å². The Hall–Kier alpha value is -2.59. The highest BCUT2D eigenvalue weighted by Crippen LogP contribution is 2.27. The Bertz CT molecular complexity index is 806. The smallest absolute Gasteiger partial charge is 0.167 e. The maximum atomic E-state index is 5.89. The highest BCUT2D eigenvalue weighted by Gasteiger charge is 2.10. The van der Waals surface area contributed by atoms with Crippen molar-refractivity contribution in [1.29, 1.82) is 0 Å². The van der Waals surface area contributed by atoms with Crippen molar-refractivity contribution < 1.29 is 9.26 Å². The van der Waals surface area contributed by atoms with E-state index >= 15 is 0 Å². The Morgan fingerprint density at radius 3 is 2.42 bits per heavy atom. The van der Waals surface area contributed by atoms with Crippen molar-refractivity contribution in [3.63, 3.8) is 0 Å². The minimum absolute atomic E-state index is 0.736. The van der Waals surface area contributed by atoms with E-state index in [2.05, 4.69) is 10.1 Å². The second-order valence-electron chi connectivity index (χ2n) is 6.72. The van der Waals surface area contributed by atoms with E-state index in [0.717, 1.165) is 41.5 Å². The molecule has 0 unspecified atom stereocenters. The highest BCUT2D eigenvalue weighted by atomic mass is 16.5. The molecule has 2 heterocycles. The van der Waals surface area contributed by atoms with E-state index in [4.69, 9.17) is 9.26 Å². The summed E-state index contributed by atoms with van der Waals surface area (Å²) in [7, 11) is 0. The van der Waals surface area contributed by atoms with Crippen molar-refractivity contribution in [2.24, 2.45) is 0 Å². The summed E-state index contributed by atoms with van der Waals surface area (Å²) in [6.07, 6.45) is 4.00. The van der Waals surface area contributed by atoms with Gasteiger partial charge in [-0.15, -0.1) is 0 Å². The first-order valence-corrected chi connectivity index (χ1v) is 9.36. The van der Waals surface area contributed by atoms with Crippen LogP contribution >= 0.6 is 0 Å². The van der Waals surface area contributed by atoms with Gasteiger partial charge in [0, 0.05) is 23.7 Å². The molecular weight excluding hydrogens is 324 g/mol. The number of likely N-dealkylation sites (tertiary alicyclic amines) is 1. The molecule has 0 aliphatic carbocycles. The molecule has 4 nitrogen and oxygen atoms in total. The minimum Gasteiger partial charge on any atom is -0.492 e. The topological polar surface area (TPSA) is 38.5 Å². The van der Waals surface area contributed by atoms with Crippen LogP contribution in [0.2, 0.25) is 0 Å². The molecule has 0 amide bonds. The van der Waals surface area contributed by atoms with Gasteiger partial charge in [0.2, 0.25) is 0 Å². The highest BCUT2D eigenvalue weighted by molar-refractivity contribution is 5.66. The zero-order valence-electron chi connectivity index (χ0n) is 14.9. The quantitative estimate of drug-likeness (QED) is 0.637. The van der Waals surface area contributed by atoms with Gasteiger partial charge < -0.3 is 9.26 Å². The molecule has 3 aromatic rings. The lowest BCUT2D eigenvalue weighted by atomic mass is 10.1. The largest absolute Gasteiger partial charge is 0.492 e. The van der Waals surface area contributed by atoms with Crippen molar-refractivity contribution in [3.8, 4) is 28.3 Å². The zero-order valence-corrected chi connectivity index (χ0v) is 14.9. The number of benzene rings is 2. The fourth-order valence-electron chi connectivity index (χ4n) is 3.35. The molecule has 0 spiro atoms. The summed E-state index contributed by atoms with van der Waals surface area (Å²) < 4.78 is 11.4. The monoisotopic (exact) mass is 348 g/mol. The minimum atomic E-state index is 0.736. The van der Waals surface area contributed by atoms with E-state index in [9.17, 15) is 0 Å². The van der Waals surface area contributed by atoms with Gasteiger partial charge in [0.15, 0.2) is 5.76 Å². The standard InChI is InChI=1S/C22H24N2O2/c1-3-7-18(8-4-1)21-17-22(26-23-21)19-9-11-20(12-10-19)25-16-15-24-13-5-2-6-14-24/h1,3-4,7-12,17H,2,5-6,13-16H2. The lowest BCUT2D eigenvalue weighted by molar-refractivity contribution is 0.183. The van der Waals surface area contributed by atoms with Crippen LogP contribution in [-0.4, -0.2) is 36.3 Å².